The fourth-order valence-electron chi connectivity index (χ4n) is 7.61. The van der Waals surface area contributed by atoms with E-state index in [1.54, 1.807) is 0 Å². The summed E-state index contributed by atoms with van der Waals surface area (Å²) in [6, 6.07) is 0. The summed E-state index contributed by atoms with van der Waals surface area (Å²) in [6.07, 6.45) is 8.03. The Morgan fingerprint density at radius 1 is 0.941 bits per heavy atom. The molecule has 0 heterocycles. The maximum atomic E-state index is 6.99. The van der Waals surface area contributed by atoms with Gasteiger partial charge < -0.3 is 11.5 Å². The number of hydrogen-bond acceptors (Lipinski definition) is 2. The van der Waals surface area contributed by atoms with Crippen molar-refractivity contribution in [2.24, 2.45) is 46.5 Å². The zero-order chi connectivity index (χ0) is 11.6. The van der Waals surface area contributed by atoms with E-state index in [-0.39, 0.29) is 11.1 Å². The largest absolute Gasteiger partial charge is 0.325 e. The van der Waals surface area contributed by atoms with E-state index in [1.165, 1.54) is 32.1 Å². The van der Waals surface area contributed by atoms with Crippen molar-refractivity contribution in [3.05, 3.63) is 0 Å². The lowest BCUT2D eigenvalue weighted by molar-refractivity contribution is -0.264. The molecule has 94 valence electrons. The molecule has 0 aromatic heterocycles. The highest BCUT2D eigenvalue weighted by Gasteiger charge is 2.75. The average Bonchev–Trinajstić information content (AvgIpc) is 2.24. The number of nitrogens with two attached hydrogens (primary N) is 2. The van der Waals surface area contributed by atoms with E-state index in [4.69, 9.17) is 11.5 Å². The van der Waals surface area contributed by atoms with Crippen molar-refractivity contribution in [2.45, 2.75) is 56.5 Å². The third-order valence-electron chi connectivity index (χ3n) is 7.95. The van der Waals surface area contributed by atoms with Crippen molar-refractivity contribution in [2.75, 3.05) is 0 Å². The third kappa shape index (κ3) is 0.805. The van der Waals surface area contributed by atoms with Crippen LogP contribution >= 0.6 is 0 Å². The topological polar surface area (TPSA) is 52.0 Å². The molecule has 0 aliphatic heterocycles. The van der Waals surface area contributed by atoms with Crippen LogP contribution < -0.4 is 11.5 Å². The van der Waals surface area contributed by atoms with Gasteiger partial charge in [-0.2, -0.15) is 0 Å². The summed E-state index contributed by atoms with van der Waals surface area (Å²) in [5.41, 5.74) is 14.3. The fourth-order valence-corrected chi connectivity index (χ4v) is 7.61. The molecule has 7 aliphatic rings. The van der Waals surface area contributed by atoms with Gasteiger partial charge in [-0.3, -0.25) is 0 Å². The van der Waals surface area contributed by atoms with Crippen molar-refractivity contribution >= 4 is 0 Å². The summed E-state index contributed by atoms with van der Waals surface area (Å²) < 4.78 is 0. The first-order valence-electron chi connectivity index (χ1n) is 7.53. The highest BCUT2D eigenvalue weighted by Crippen LogP contribution is 2.76. The van der Waals surface area contributed by atoms with Gasteiger partial charge in [0, 0.05) is 11.1 Å². The molecule has 0 aromatic carbocycles. The van der Waals surface area contributed by atoms with Gasteiger partial charge in [-0.1, -0.05) is 6.92 Å². The second-order valence-electron chi connectivity index (χ2n) is 8.49. The second-order valence-corrected chi connectivity index (χ2v) is 8.49. The molecule has 2 heteroatoms. The molecule has 2 nitrogen and oxygen atoms in total. The fraction of sp³-hybridized carbons (Fsp3) is 1.00. The molecule has 0 radical (unpaired) electrons. The van der Waals surface area contributed by atoms with Gasteiger partial charge in [-0.15, -0.1) is 0 Å². The van der Waals surface area contributed by atoms with Crippen molar-refractivity contribution in [1.29, 1.82) is 0 Å². The van der Waals surface area contributed by atoms with E-state index >= 15 is 0 Å². The van der Waals surface area contributed by atoms with Gasteiger partial charge in [0.05, 0.1) is 0 Å². The Morgan fingerprint density at radius 2 is 1.76 bits per heavy atom. The van der Waals surface area contributed by atoms with Crippen LogP contribution in [0.4, 0.5) is 0 Å². The van der Waals surface area contributed by atoms with E-state index in [2.05, 4.69) is 6.92 Å². The molecule has 4 N–H and O–H groups in total. The molecule has 0 aromatic rings. The monoisotopic (exact) mass is 232 g/mol. The highest BCUT2D eigenvalue weighted by molar-refractivity contribution is 5.29. The Bertz CT molecular complexity index is 421. The zero-order valence-corrected chi connectivity index (χ0v) is 10.8. The molecule has 17 heavy (non-hydrogen) atoms. The Morgan fingerprint density at radius 3 is 2.59 bits per heavy atom. The van der Waals surface area contributed by atoms with E-state index in [1.807, 2.05) is 0 Å². The van der Waals surface area contributed by atoms with Gasteiger partial charge in [0.1, 0.15) is 0 Å². The third-order valence-corrected chi connectivity index (χ3v) is 7.95. The van der Waals surface area contributed by atoms with Gasteiger partial charge in [0.2, 0.25) is 0 Å². The van der Waals surface area contributed by atoms with E-state index < -0.39 is 0 Å². The first-order valence-corrected chi connectivity index (χ1v) is 7.53. The van der Waals surface area contributed by atoms with Gasteiger partial charge in [0.15, 0.2) is 0 Å². The summed E-state index contributed by atoms with van der Waals surface area (Å²) >= 11 is 0. The lowest BCUT2D eigenvalue weighted by Gasteiger charge is -2.79. The van der Waals surface area contributed by atoms with Crippen molar-refractivity contribution in [1.82, 2.24) is 0 Å². The SMILES string of the molecule is CC12CC3CC4C5CC(N)(CC41)CC2(N)C5C3. The average molecular weight is 232 g/mol. The van der Waals surface area contributed by atoms with Crippen LogP contribution in [0.3, 0.4) is 0 Å². The van der Waals surface area contributed by atoms with Crippen LogP contribution in [0.2, 0.25) is 0 Å². The smallest absolute Gasteiger partial charge is 0.0260 e. The Labute approximate surface area is 103 Å². The summed E-state index contributed by atoms with van der Waals surface area (Å²) in [5, 5.41) is 0. The normalized spacial score (nSPS) is 74.6. The maximum Gasteiger partial charge on any atom is 0.0260 e. The molecular formula is C15H24N2. The molecule has 8 unspecified atom stereocenters. The molecular weight excluding hydrogens is 208 g/mol. The number of rotatable bonds is 0. The predicted octanol–water partition coefficient (Wildman–Crippen LogP) is 1.88. The zero-order valence-electron chi connectivity index (χ0n) is 10.8. The van der Waals surface area contributed by atoms with Crippen molar-refractivity contribution < 1.29 is 0 Å². The molecule has 0 spiro atoms. The molecule has 0 saturated heterocycles. The Hall–Kier alpha value is -0.0800. The van der Waals surface area contributed by atoms with E-state index in [0.717, 1.165) is 36.0 Å². The van der Waals surface area contributed by atoms with Gasteiger partial charge in [0.25, 0.3) is 0 Å². The summed E-state index contributed by atoms with van der Waals surface area (Å²) in [6.45, 7) is 2.52. The Balaban J connectivity index is 1.77. The maximum absolute atomic E-state index is 6.99. The van der Waals surface area contributed by atoms with Crippen LogP contribution in [0, 0.1) is 35.0 Å². The van der Waals surface area contributed by atoms with Crippen LogP contribution in [0.1, 0.15) is 45.4 Å². The minimum Gasteiger partial charge on any atom is -0.325 e. The summed E-state index contributed by atoms with van der Waals surface area (Å²) in [7, 11) is 0. The quantitative estimate of drug-likeness (QED) is 0.670. The van der Waals surface area contributed by atoms with Crippen molar-refractivity contribution in [3.8, 4) is 0 Å². The molecule has 7 aliphatic carbocycles. The Kier molecular flexibility index (Phi) is 1.35. The standard InChI is InChI=1S/C15H24N2/c1-13-4-8-2-9-10-5-14(16,6-12(9)13)7-15(13,17)11(10)3-8/h8-12H,2-7,16-17H2,1H3. The minimum absolute atomic E-state index is 0.0982. The van der Waals surface area contributed by atoms with Crippen LogP contribution in [0.25, 0.3) is 0 Å². The van der Waals surface area contributed by atoms with E-state index in [0.29, 0.717) is 5.41 Å². The number of hydrogen-bond donors (Lipinski definition) is 2. The minimum atomic E-state index is 0.0982. The molecule has 0 amide bonds. The van der Waals surface area contributed by atoms with Gasteiger partial charge in [-0.25, -0.2) is 0 Å². The summed E-state index contributed by atoms with van der Waals surface area (Å²) in [5.74, 6) is 4.56. The molecule has 7 rings (SSSR count). The van der Waals surface area contributed by atoms with Gasteiger partial charge >= 0.3 is 0 Å². The van der Waals surface area contributed by atoms with Crippen LogP contribution in [0.15, 0.2) is 0 Å². The lowest BCUT2D eigenvalue weighted by atomic mass is 9.28. The first kappa shape index (κ1) is 9.80. The second kappa shape index (κ2) is 2.34. The van der Waals surface area contributed by atoms with Crippen LogP contribution in [-0.2, 0) is 0 Å². The highest BCUT2D eigenvalue weighted by atomic mass is 15.0. The van der Waals surface area contributed by atoms with Crippen LogP contribution in [0.5, 0.6) is 0 Å². The first-order chi connectivity index (χ1) is 7.95. The molecule has 7 saturated carbocycles. The lowest BCUT2D eigenvalue weighted by Crippen LogP contribution is -2.83. The molecule has 8 bridgehead atoms. The van der Waals surface area contributed by atoms with Crippen molar-refractivity contribution in [3.63, 3.8) is 0 Å². The van der Waals surface area contributed by atoms with Crippen LogP contribution in [-0.4, -0.2) is 11.1 Å². The summed E-state index contributed by atoms with van der Waals surface area (Å²) in [4.78, 5) is 0. The predicted molar refractivity (Wildman–Crippen MR) is 67.1 cm³/mol. The molecule has 7 fully saturated rings. The van der Waals surface area contributed by atoms with E-state index in [9.17, 15) is 0 Å². The molecule has 8 atom stereocenters. The van der Waals surface area contributed by atoms with Gasteiger partial charge in [-0.05, 0) is 73.5 Å².